The molecule has 0 spiro atoms. The Morgan fingerprint density at radius 3 is 2.12 bits per heavy atom. The maximum Gasteiger partial charge on any atom is 0.416 e. The van der Waals surface area contributed by atoms with Crippen LogP contribution in [0.15, 0.2) is 24.3 Å². The van der Waals surface area contributed by atoms with Crippen molar-refractivity contribution in [2.45, 2.75) is 31.6 Å². The molecular weight excluding hydrogens is 220 g/mol. The fourth-order valence-electron chi connectivity index (χ4n) is 1.41. The molecule has 0 amide bonds. The minimum Gasteiger partial charge on any atom is -0.247 e. The lowest BCUT2D eigenvalue weighted by Crippen LogP contribution is -2.07. The monoisotopic (exact) mass is 233 g/mol. The van der Waals surface area contributed by atoms with E-state index in [4.69, 9.17) is 0 Å². The van der Waals surface area contributed by atoms with E-state index in [1.54, 1.807) is 0 Å². The van der Waals surface area contributed by atoms with Gasteiger partial charge in [0.25, 0.3) is 0 Å². The zero-order valence-corrected chi connectivity index (χ0v) is 8.73. The molecule has 0 aliphatic carbocycles. The van der Waals surface area contributed by atoms with Crippen LogP contribution in [-0.4, -0.2) is 6.17 Å². The maximum atomic E-state index is 13.2. The Kier molecular flexibility index (Phi) is 4.33. The Morgan fingerprint density at radius 2 is 1.69 bits per heavy atom. The van der Waals surface area contributed by atoms with E-state index in [1.807, 2.05) is 0 Å². The van der Waals surface area contributed by atoms with Gasteiger partial charge in [-0.2, -0.15) is 13.2 Å². The van der Waals surface area contributed by atoms with Crippen molar-refractivity contribution in [2.24, 2.45) is 0 Å². The van der Waals surface area contributed by atoms with Crippen LogP contribution in [0.25, 0.3) is 0 Å². The van der Waals surface area contributed by atoms with Crippen LogP contribution < -0.4 is 0 Å². The number of benzene rings is 1. The Morgan fingerprint density at radius 1 is 1.12 bits per heavy atom. The van der Waals surface area contributed by atoms with E-state index >= 15 is 0 Å². The molecule has 0 aliphatic rings. The highest BCUT2D eigenvalue weighted by atomic mass is 19.4. The highest BCUT2D eigenvalue weighted by Crippen LogP contribution is 2.29. The van der Waals surface area contributed by atoms with E-state index in [-0.39, 0.29) is 6.42 Å². The second kappa shape index (κ2) is 5.32. The second-order valence-corrected chi connectivity index (χ2v) is 3.64. The molecule has 1 aromatic carbocycles. The molecule has 0 bridgehead atoms. The molecule has 1 unspecified atom stereocenters. The summed E-state index contributed by atoms with van der Waals surface area (Å²) in [5.74, 6) is 0. The molecular formula is C12H13F4. The molecule has 1 atom stereocenters. The molecule has 0 heterocycles. The van der Waals surface area contributed by atoms with Gasteiger partial charge in [-0.1, -0.05) is 25.5 Å². The Hall–Kier alpha value is -1.06. The van der Waals surface area contributed by atoms with Crippen molar-refractivity contribution in [1.29, 1.82) is 0 Å². The SMILES string of the molecule is [CH2]CCC(F)Cc1ccc(C(F)(F)F)cc1. The topological polar surface area (TPSA) is 0 Å². The summed E-state index contributed by atoms with van der Waals surface area (Å²) >= 11 is 0. The van der Waals surface area contributed by atoms with Gasteiger partial charge >= 0.3 is 6.18 Å². The van der Waals surface area contributed by atoms with E-state index in [0.717, 1.165) is 12.1 Å². The van der Waals surface area contributed by atoms with Crippen molar-refractivity contribution in [1.82, 2.24) is 0 Å². The fraction of sp³-hybridized carbons (Fsp3) is 0.417. The molecule has 0 aromatic heterocycles. The van der Waals surface area contributed by atoms with Crippen molar-refractivity contribution in [2.75, 3.05) is 0 Å². The number of halogens is 4. The summed E-state index contributed by atoms with van der Waals surface area (Å²) in [4.78, 5) is 0. The van der Waals surface area contributed by atoms with Gasteiger partial charge in [-0.15, -0.1) is 0 Å². The van der Waals surface area contributed by atoms with Gasteiger partial charge in [-0.25, -0.2) is 4.39 Å². The molecule has 16 heavy (non-hydrogen) atoms. The van der Waals surface area contributed by atoms with Gasteiger partial charge in [-0.3, -0.25) is 0 Å². The van der Waals surface area contributed by atoms with E-state index in [1.165, 1.54) is 12.1 Å². The van der Waals surface area contributed by atoms with Crippen LogP contribution in [0.2, 0.25) is 0 Å². The van der Waals surface area contributed by atoms with Crippen molar-refractivity contribution >= 4 is 0 Å². The Bertz CT molecular complexity index is 313. The number of rotatable bonds is 4. The summed E-state index contributed by atoms with van der Waals surface area (Å²) in [7, 11) is 0. The third-order valence-electron chi connectivity index (χ3n) is 2.26. The first-order valence-corrected chi connectivity index (χ1v) is 5.03. The normalized spacial score (nSPS) is 13.8. The first-order chi connectivity index (χ1) is 7.43. The molecule has 1 radical (unpaired) electrons. The summed E-state index contributed by atoms with van der Waals surface area (Å²) < 4.78 is 49.8. The molecule has 0 fully saturated rings. The molecule has 0 saturated carbocycles. The lowest BCUT2D eigenvalue weighted by molar-refractivity contribution is -0.137. The Labute approximate surface area is 92.3 Å². The van der Waals surface area contributed by atoms with Crippen LogP contribution in [0.4, 0.5) is 17.6 Å². The van der Waals surface area contributed by atoms with Crippen LogP contribution in [0.3, 0.4) is 0 Å². The minimum absolute atomic E-state index is 0.146. The fourth-order valence-corrected chi connectivity index (χ4v) is 1.41. The van der Waals surface area contributed by atoms with Crippen molar-refractivity contribution in [3.05, 3.63) is 42.3 Å². The van der Waals surface area contributed by atoms with E-state index in [9.17, 15) is 17.6 Å². The molecule has 1 aromatic rings. The molecule has 4 heteroatoms. The maximum absolute atomic E-state index is 13.2. The minimum atomic E-state index is -4.33. The van der Waals surface area contributed by atoms with Crippen molar-refractivity contribution in [3.8, 4) is 0 Å². The molecule has 0 N–H and O–H groups in total. The number of hydrogen-bond donors (Lipinski definition) is 0. The predicted octanol–water partition coefficient (Wildman–Crippen LogP) is 4.20. The van der Waals surface area contributed by atoms with Gasteiger partial charge in [0.2, 0.25) is 0 Å². The van der Waals surface area contributed by atoms with E-state index in [2.05, 4.69) is 6.92 Å². The quantitative estimate of drug-likeness (QED) is 0.684. The van der Waals surface area contributed by atoms with E-state index < -0.39 is 17.9 Å². The third kappa shape index (κ3) is 3.83. The lowest BCUT2D eigenvalue weighted by Gasteiger charge is -2.09. The van der Waals surface area contributed by atoms with Gasteiger partial charge < -0.3 is 0 Å². The summed E-state index contributed by atoms with van der Waals surface area (Å²) in [5.41, 5.74) is -0.127. The van der Waals surface area contributed by atoms with Gasteiger partial charge in [0.1, 0.15) is 6.17 Å². The van der Waals surface area contributed by atoms with Gasteiger partial charge in [0.15, 0.2) is 0 Å². The highest BCUT2D eigenvalue weighted by Gasteiger charge is 2.29. The average Bonchev–Trinajstić information content (AvgIpc) is 2.17. The van der Waals surface area contributed by atoms with Crippen LogP contribution in [-0.2, 0) is 12.6 Å². The second-order valence-electron chi connectivity index (χ2n) is 3.64. The average molecular weight is 233 g/mol. The Balaban J connectivity index is 2.65. The van der Waals surface area contributed by atoms with E-state index in [0.29, 0.717) is 18.4 Å². The summed E-state index contributed by atoms with van der Waals surface area (Å²) in [5, 5.41) is 0. The standard InChI is InChI=1S/C12H13F4/c1-2-3-11(13)8-9-4-6-10(7-5-9)12(14,15)16/h4-7,11H,1-3,8H2. The third-order valence-corrected chi connectivity index (χ3v) is 2.26. The van der Waals surface area contributed by atoms with Crippen LogP contribution >= 0.6 is 0 Å². The van der Waals surface area contributed by atoms with Gasteiger partial charge in [-0.05, 0) is 24.1 Å². The van der Waals surface area contributed by atoms with Crippen LogP contribution in [0.1, 0.15) is 24.0 Å². The number of alkyl halides is 4. The zero-order valence-electron chi connectivity index (χ0n) is 8.73. The first kappa shape index (κ1) is 13.0. The molecule has 0 saturated heterocycles. The molecule has 89 valence electrons. The summed E-state index contributed by atoms with van der Waals surface area (Å²) in [6.45, 7) is 3.52. The van der Waals surface area contributed by atoms with Gasteiger partial charge in [0, 0.05) is 6.42 Å². The smallest absolute Gasteiger partial charge is 0.247 e. The van der Waals surface area contributed by atoms with Crippen LogP contribution in [0.5, 0.6) is 0 Å². The predicted molar refractivity (Wildman–Crippen MR) is 54.6 cm³/mol. The number of hydrogen-bond acceptors (Lipinski definition) is 0. The molecule has 1 rings (SSSR count). The highest BCUT2D eigenvalue weighted by molar-refractivity contribution is 5.25. The van der Waals surface area contributed by atoms with Crippen molar-refractivity contribution in [3.63, 3.8) is 0 Å². The molecule has 0 aliphatic heterocycles. The van der Waals surface area contributed by atoms with Crippen molar-refractivity contribution < 1.29 is 17.6 Å². The van der Waals surface area contributed by atoms with Crippen LogP contribution in [0, 0.1) is 6.92 Å². The molecule has 0 nitrogen and oxygen atoms in total. The van der Waals surface area contributed by atoms with Gasteiger partial charge in [0.05, 0.1) is 5.56 Å². The summed E-state index contributed by atoms with van der Waals surface area (Å²) in [6.07, 6.45) is -4.40. The zero-order chi connectivity index (χ0) is 12.2. The largest absolute Gasteiger partial charge is 0.416 e. The summed E-state index contributed by atoms with van der Waals surface area (Å²) in [6, 6.07) is 4.59. The first-order valence-electron chi connectivity index (χ1n) is 5.03. The lowest BCUT2D eigenvalue weighted by atomic mass is 10.0.